The van der Waals surface area contributed by atoms with Gasteiger partial charge in [-0.05, 0) is 23.5 Å². The third kappa shape index (κ3) is 4.12. The van der Waals surface area contributed by atoms with Crippen molar-refractivity contribution in [1.29, 1.82) is 0 Å². The maximum Gasteiger partial charge on any atom is 0.223 e. The molecule has 0 saturated carbocycles. The molecule has 0 aliphatic carbocycles. The van der Waals surface area contributed by atoms with Gasteiger partial charge in [0.25, 0.3) is 0 Å². The van der Waals surface area contributed by atoms with E-state index in [2.05, 4.69) is 24.0 Å². The van der Waals surface area contributed by atoms with Gasteiger partial charge in [-0.15, -0.1) is 0 Å². The Balaban J connectivity index is 1.81. The molecule has 6 heteroatoms. The molecular formula is C20H30N2O3S. The average molecular weight is 379 g/mol. The van der Waals surface area contributed by atoms with Crippen LogP contribution in [0.5, 0.6) is 0 Å². The highest BCUT2D eigenvalue weighted by Gasteiger charge is 2.47. The first-order valence-corrected chi connectivity index (χ1v) is 11.4. The lowest BCUT2D eigenvalue weighted by Gasteiger charge is -2.44. The SMILES string of the molecule is CCc1ccccc1CN1CCN(C(=O)CC(C)C)[C@H]2CS(=O)(=O)C[C@H]21. The van der Waals surface area contributed by atoms with Crippen molar-refractivity contribution in [3.63, 3.8) is 0 Å². The Labute approximate surface area is 157 Å². The highest BCUT2D eigenvalue weighted by Crippen LogP contribution is 2.29. The summed E-state index contributed by atoms with van der Waals surface area (Å²) >= 11 is 0. The third-order valence-electron chi connectivity index (χ3n) is 5.57. The summed E-state index contributed by atoms with van der Waals surface area (Å²) in [5, 5.41) is 0. The summed E-state index contributed by atoms with van der Waals surface area (Å²) in [4.78, 5) is 16.8. The molecule has 0 N–H and O–H groups in total. The summed E-state index contributed by atoms with van der Waals surface area (Å²) in [7, 11) is -3.10. The Morgan fingerprint density at radius 2 is 1.77 bits per heavy atom. The Bertz CT molecular complexity index is 760. The fourth-order valence-electron chi connectivity index (χ4n) is 4.27. The monoisotopic (exact) mass is 378 g/mol. The molecule has 0 aromatic heterocycles. The first-order valence-electron chi connectivity index (χ1n) is 9.61. The minimum absolute atomic E-state index is 0.0882. The van der Waals surface area contributed by atoms with Crippen molar-refractivity contribution in [3.8, 4) is 0 Å². The van der Waals surface area contributed by atoms with E-state index in [1.165, 1.54) is 11.1 Å². The molecule has 0 spiro atoms. The normalized spacial score (nSPS) is 25.5. The van der Waals surface area contributed by atoms with Gasteiger partial charge in [0.1, 0.15) is 0 Å². The molecular weight excluding hydrogens is 348 g/mol. The number of carbonyl (C=O) groups is 1. The topological polar surface area (TPSA) is 57.7 Å². The van der Waals surface area contributed by atoms with Crippen LogP contribution in [0.3, 0.4) is 0 Å². The number of fused-ring (bicyclic) bond motifs is 1. The molecule has 0 unspecified atom stereocenters. The average Bonchev–Trinajstić information content (AvgIpc) is 2.90. The van der Waals surface area contributed by atoms with Gasteiger partial charge < -0.3 is 4.90 Å². The number of hydrogen-bond donors (Lipinski definition) is 0. The van der Waals surface area contributed by atoms with Crippen molar-refractivity contribution >= 4 is 15.7 Å². The molecule has 1 aromatic rings. The van der Waals surface area contributed by atoms with Crippen LogP contribution in [0.4, 0.5) is 0 Å². The number of sulfone groups is 1. The summed E-state index contributed by atoms with van der Waals surface area (Å²) < 4.78 is 24.7. The van der Waals surface area contributed by atoms with E-state index < -0.39 is 9.84 Å². The first-order chi connectivity index (χ1) is 12.3. The van der Waals surface area contributed by atoms with Crippen molar-refractivity contribution in [1.82, 2.24) is 9.80 Å². The molecule has 0 radical (unpaired) electrons. The van der Waals surface area contributed by atoms with Crippen LogP contribution in [-0.2, 0) is 27.6 Å². The predicted molar refractivity (Wildman–Crippen MR) is 104 cm³/mol. The lowest BCUT2D eigenvalue weighted by atomic mass is 9.99. The third-order valence-corrected chi connectivity index (χ3v) is 7.27. The van der Waals surface area contributed by atoms with Gasteiger partial charge in [0.2, 0.25) is 5.91 Å². The minimum atomic E-state index is -3.10. The largest absolute Gasteiger partial charge is 0.336 e. The summed E-state index contributed by atoms with van der Waals surface area (Å²) in [6, 6.07) is 8.07. The maximum absolute atomic E-state index is 12.6. The molecule has 2 saturated heterocycles. The fourth-order valence-corrected chi connectivity index (χ4v) is 6.28. The molecule has 2 atom stereocenters. The summed E-state index contributed by atoms with van der Waals surface area (Å²) in [6.45, 7) is 8.31. The maximum atomic E-state index is 12.6. The number of amides is 1. The van der Waals surface area contributed by atoms with E-state index in [0.717, 1.165) is 19.5 Å². The summed E-state index contributed by atoms with van der Waals surface area (Å²) in [5.41, 5.74) is 2.57. The van der Waals surface area contributed by atoms with Crippen molar-refractivity contribution in [2.45, 2.75) is 52.2 Å². The zero-order valence-corrected chi connectivity index (χ0v) is 16.8. The number of carbonyl (C=O) groups excluding carboxylic acids is 1. The van der Waals surface area contributed by atoms with Crippen LogP contribution in [0.25, 0.3) is 0 Å². The zero-order chi connectivity index (χ0) is 18.9. The lowest BCUT2D eigenvalue weighted by Crippen LogP contribution is -2.60. The Kier molecular flexibility index (Phi) is 5.72. The van der Waals surface area contributed by atoms with Crippen LogP contribution in [-0.4, -0.2) is 60.8 Å². The van der Waals surface area contributed by atoms with Gasteiger partial charge in [-0.25, -0.2) is 8.42 Å². The fraction of sp³-hybridized carbons (Fsp3) is 0.650. The highest BCUT2D eigenvalue weighted by molar-refractivity contribution is 7.91. The number of hydrogen-bond acceptors (Lipinski definition) is 4. The second-order valence-electron chi connectivity index (χ2n) is 7.99. The quantitative estimate of drug-likeness (QED) is 0.787. The number of rotatable bonds is 5. The molecule has 2 heterocycles. The standard InChI is InChI=1S/C20H30N2O3S/c1-4-16-7-5-6-8-17(16)12-21-9-10-22(20(23)11-15(2)3)19-14-26(24,25)13-18(19)21/h5-8,15,18-19H,4,9-14H2,1-3H3/t18-,19+/m1/s1. The molecule has 1 amide bonds. The van der Waals surface area contributed by atoms with E-state index in [-0.39, 0.29) is 35.4 Å². The van der Waals surface area contributed by atoms with Crippen molar-refractivity contribution in [3.05, 3.63) is 35.4 Å². The van der Waals surface area contributed by atoms with E-state index in [4.69, 9.17) is 0 Å². The van der Waals surface area contributed by atoms with Crippen LogP contribution < -0.4 is 0 Å². The number of nitrogens with zero attached hydrogens (tertiary/aromatic N) is 2. The Morgan fingerprint density at radius 3 is 2.42 bits per heavy atom. The minimum Gasteiger partial charge on any atom is -0.336 e. The summed E-state index contributed by atoms with van der Waals surface area (Å²) in [6.07, 6.45) is 1.46. The van der Waals surface area contributed by atoms with Crippen LogP contribution in [0.15, 0.2) is 24.3 Å². The van der Waals surface area contributed by atoms with Gasteiger partial charge in [-0.1, -0.05) is 45.0 Å². The molecule has 2 aliphatic heterocycles. The molecule has 0 bridgehead atoms. The molecule has 5 nitrogen and oxygen atoms in total. The van der Waals surface area contributed by atoms with E-state index in [1.807, 2.05) is 30.9 Å². The van der Waals surface area contributed by atoms with E-state index in [0.29, 0.717) is 13.0 Å². The van der Waals surface area contributed by atoms with Gasteiger partial charge in [0.05, 0.1) is 17.5 Å². The van der Waals surface area contributed by atoms with Crippen LogP contribution >= 0.6 is 0 Å². The molecule has 3 rings (SSSR count). The second-order valence-corrected chi connectivity index (χ2v) is 10.1. The van der Waals surface area contributed by atoms with Crippen LogP contribution in [0.1, 0.15) is 38.3 Å². The summed E-state index contributed by atoms with van der Waals surface area (Å²) in [5.74, 6) is 0.652. The van der Waals surface area contributed by atoms with E-state index in [1.54, 1.807) is 0 Å². The molecule has 2 aliphatic rings. The zero-order valence-electron chi connectivity index (χ0n) is 16.0. The van der Waals surface area contributed by atoms with E-state index in [9.17, 15) is 13.2 Å². The van der Waals surface area contributed by atoms with Crippen molar-refractivity contribution in [2.75, 3.05) is 24.6 Å². The van der Waals surface area contributed by atoms with Crippen molar-refractivity contribution < 1.29 is 13.2 Å². The van der Waals surface area contributed by atoms with Gasteiger partial charge >= 0.3 is 0 Å². The second kappa shape index (κ2) is 7.69. The number of piperazine rings is 1. The van der Waals surface area contributed by atoms with E-state index >= 15 is 0 Å². The van der Waals surface area contributed by atoms with Crippen LogP contribution in [0.2, 0.25) is 0 Å². The highest BCUT2D eigenvalue weighted by atomic mass is 32.2. The van der Waals surface area contributed by atoms with Gasteiger partial charge in [-0.2, -0.15) is 0 Å². The Hall–Kier alpha value is -1.40. The number of benzene rings is 1. The molecule has 144 valence electrons. The molecule has 26 heavy (non-hydrogen) atoms. The Morgan fingerprint density at radius 1 is 1.12 bits per heavy atom. The predicted octanol–water partition coefficient (Wildman–Crippen LogP) is 2.10. The van der Waals surface area contributed by atoms with Gasteiger partial charge in [0.15, 0.2) is 9.84 Å². The molecule has 2 fully saturated rings. The lowest BCUT2D eigenvalue weighted by molar-refractivity contribution is -0.137. The van der Waals surface area contributed by atoms with Crippen molar-refractivity contribution in [2.24, 2.45) is 5.92 Å². The smallest absolute Gasteiger partial charge is 0.223 e. The number of aryl methyl sites for hydroxylation is 1. The van der Waals surface area contributed by atoms with Crippen LogP contribution in [0, 0.1) is 5.92 Å². The first kappa shape index (κ1) is 19.4. The molecule has 1 aromatic carbocycles. The van der Waals surface area contributed by atoms with Gasteiger partial charge in [0, 0.05) is 32.1 Å². The van der Waals surface area contributed by atoms with Gasteiger partial charge in [-0.3, -0.25) is 9.69 Å².